The molecule has 4 unspecified atom stereocenters. The quantitative estimate of drug-likeness (QED) is 0.567. The summed E-state index contributed by atoms with van der Waals surface area (Å²) in [4.78, 5) is 36.2. The summed E-state index contributed by atoms with van der Waals surface area (Å²) in [5.74, 6) is -0.809. The van der Waals surface area contributed by atoms with Crippen LogP contribution in [0.4, 0.5) is 0 Å². The average Bonchev–Trinajstić information content (AvgIpc) is 2.96. The zero-order valence-corrected chi connectivity index (χ0v) is 16.2. The smallest absolute Gasteiger partial charge is 0.339 e. The van der Waals surface area contributed by atoms with Crippen LogP contribution in [0.1, 0.15) is 54.4 Å². The lowest BCUT2D eigenvalue weighted by molar-refractivity contribution is -0.160. The van der Waals surface area contributed by atoms with Crippen molar-refractivity contribution in [2.45, 2.75) is 66.6 Å². The number of carbonyl (C=O) groups is 3. The predicted octanol–water partition coefficient (Wildman–Crippen LogP) is 3.06. The van der Waals surface area contributed by atoms with Crippen molar-refractivity contribution in [3.05, 3.63) is 22.5 Å². The maximum atomic E-state index is 12.4. The molecule has 4 atom stereocenters. The van der Waals surface area contributed by atoms with E-state index in [1.165, 1.54) is 6.92 Å². The van der Waals surface area contributed by atoms with Crippen LogP contribution in [0.2, 0.25) is 0 Å². The van der Waals surface area contributed by atoms with E-state index in [1.54, 1.807) is 20.8 Å². The van der Waals surface area contributed by atoms with E-state index < -0.39 is 23.6 Å². The van der Waals surface area contributed by atoms with Crippen molar-refractivity contribution < 1.29 is 28.6 Å². The number of hydrogen-bond donors (Lipinski definition) is 0. The van der Waals surface area contributed by atoms with Crippen molar-refractivity contribution in [1.82, 2.24) is 0 Å². The summed E-state index contributed by atoms with van der Waals surface area (Å²) in [6.07, 6.45) is 0.396. The summed E-state index contributed by atoms with van der Waals surface area (Å²) >= 11 is 0. The van der Waals surface area contributed by atoms with Crippen molar-refractivity contribution in [3.63, 3.8) is 0 Å². The molecular formula is C20H26O6. The zero-order chi connectivity index (χ0) is 19.4. The van der Waals surface area contributed by atoms with Gasteiger partial charge in [-0.3, -0.25) is 9.59 Å². The fourth-order valence-corrected chi connectivity index (χ4v) is 4.32. The van der Waals surface area contributed by atoms with Gasteiger partial charge in [-0.15, -0.1) is 0 Å². The van der Waals surface area contributed by atoms with Gasteiger partial charge in [0.05, 0.1) is 5.92 Å². The Hall–Kier alpha value is -2.11. The maximum Gasteiger partial charge on any atom is 0.339 e. The van der Waals surface area contributed by atoms with Gasteiger partial charge >= 0.3 is 17.9 Å². The lowest BCUT2D eigenvalue weighted by atomic mass is 9.63. The molecule has 0 amide bonds. The summed E-state index contributed by atoms with van der Waals surface area (Å²) in [5.41, 5.74) is 1.29. The molecule has 0 aromatic carbocycles. The molecule has 0 N–H and O–H groups in total. The largest absolute Gasteiger partial charge is 0.458 e. The van der Waals surface area contributed by atoms with Crippen LogP contribution in [0, 0.1) is 17.3 Å². The number of hydrogen-bond acceptors (Lipinski definition) is 6. The molecule has 3 aliphatic rings. The third-order valence-corrected chi connectivity index (χ3v) is 6.00. The van der Waals surface area contributed by atoms with Crippen LogP contribution in [0.3, 0.4) is 0 Å². The first-order valence-electron chi connectivity index (χ1n) is 9.14. The molecule has 0 saturated heterocycles. The second-order valence-electron chi connectivity index (χ2n) is 8.00. The monoisotopic (exact) mass is 362 g/mol. The molecule has 1 saturated carbocycles. The lowest BCUT2D eigenvalue weighted by Crippen LogP contribution is -2.47. The highest BCUT2D eigenvalue weighted by atomic mass is 16.6. The molecule has 6 heteroatoms. The van der Waals surface area contributed by atoms with Gasteiger partial charge < -0.3 is 14.2 Å². The summed E-state index contributed by atoms with van der Waals surface area (Å²) in [5, 5.41) is 0. The van der Waals surface area contributed by atoms with Crippen molar-refractivity contribution in [2.24, 2.45) is 17.3 Å². The molecule has 142 valence electrons. The molecule has 0 spiro atoms. The standard InChI is InChI=1S/C20H26O6/c1-9(2)18(22)26-17-14-11(4)19(23)25-16(14)15-13(24-12(5)21)8-7-10(3)20(15,17)6/h9-10,13,17H,7-8H2,1-6H3. The highest BCUT2D eigenvalue weighted by Gasteiger charge is 2.61. The summed E-state index contributed by atoms with van der Waals surface area (Å²) in [6.45, 7) is 10.7. The van der Waals surface area contributed by atoms with Crippen LogP contribution < -0.4 is 0 Å². The Balaban J connectivity index is 2.14. The highest BCUT2D eigenvalue weighted by Crippen LogP contribution is 2.60. The van der Waals surface area contributed by atoms with Gasteiger partial charge in [-0.2, -0.15) is 0 Å². The fraction of sp³-hybridized carbons (Fsp3) is 0.650. The molecule has 0 radical (unpaired) electrons. The minimum atomic E-state index is -0.609. The third kappa shape index (κ3) is 2.58. The van der Waals surface area contributed by atoms with E-state index in [2.05, 4.69) is 6.92 Å². The van der Waals surface area contributed by atoms with E-state index in [-0.39, 0.29) is 23.8 Å². The summed E-state index contributed by atoms with van der Waals surface area (Å²) in [6, 6.07) is 0. The Bertz CT molecular complexity index is 743. The number of carbonyl (C=O) groups excluding carboxylic acids is 3. The fourth-order valence-electron chi connectivity index (χ4n) is 4.32. The molecule has 6 nitrogen and oxygen atoms in total. The van der Waals surface area contributed by atoms with E-state index >= 15 is 0 Å². The molecule has 26 heavy (non-hydrogen) atoms. The van der Waals surface area contributed by atoms with Gasteiger partial charge in [0.2, 0.25) is 0 Å². The number of ether oxygens (including phenoxy) is 3. The van der Waals surface area contributed by atoms with Crippen LogP contribution in [0.5, 0.6) is 0 Å². The molecule has 1 heterocycles. The van der Waals surface area contributed by atoms with Crippen molar-refractivity contribution >= 4 is 17.9 Å². The summed E-state index contributed by atoms with van der Waals surface area (Å²) in [7, 11) is 0. The first-order valence-corrected chi connectivity index (χ1v) is 9.14. The van der Waals surface area contributed by atoms with E-state index in [1.807, 2.05) is 6.92 Å². The van der Waals surface area contributed by atoms with Crippen molar-refractivity contribution in [1.29, 1.82) is 0 Å². The van der Waals surface area contributed by atoms with Crippen LogP contribution in [-0.4, -0.2) is 30.1 Å². The van der Waals surface area contributed by atoms with Crippen LogP contribution in [0.15, 0.2) is 22.5 Å². The third-order valence-electron chi connectivity index (χ3n) is 6.00. The highest BCUT2D eigenvalue weighted by molar-refractivity contribution is 5.95. The number of esters is 3. The first kappa shape index (κ1) is 18.7. The Labute approximate surface area is 153 Å². The average molecular weight is 362 g/mol. The normalized spacial score (nSPS) is 33.2. The Morgan fingerprint density at radius 3 is 2.46 bits per heavy atom. The maximum absolute atomic E-state index is 12.4. The Morgan fingerprint density at radius 2 is 1.88 bits per heavy atom. The predicted molar refractivity (Wildman–Crippen MR) is 92.6 cm³/mol. The van der Waals surface area contributed by atoms with Crippen LogP contribution >= 0.6 is 0 Å². The van der Waals surface area contributed by atoms with E-state index in [0.29, 0.717) is 23.3 Å². The molecule has 3 rings (SSSR count). The molecule has 1 aliphatic heterocycles. The van der Waals surface area contributed by atoms with E-state index in [0.717, 1.165) is 12.0 Å². The molecule has 0 bridgehead atoms. The van der Waals surface area contributed by atoms with Gasteiger partial charge in [0.25, 0.3) is 0 Å². The minimum Gasteiger partial charge on any atom is -0.458 e. The van der Waals surface area contributed by atoms with Gasteiger partial charge in [-0.1, -0.05) is 27.7 Å². The zero-order valence-electron chi connectivity index (χ0n) is 16.2. The SMILES string of the molecule is CC(=O)OC1CCC(C)C2(C)C1=C1OC(=O)C(C)=C1C2OC(=O)C(C)C. The molecule has 0 aromatic rings. The lowest BCUT2D eigenvalue weighted by Gasteiger charge is -2.45. The number of fused-ring (bicyclic) bond motifs is 2. The van der Waals surface area contributed by atoms with Crippen LogP contribution in [-0.2, 0) is 28.6 Å². The van der Waals surface area contributed by atoms with Gasteiger partial charge in [0, 0.05) is 29.1 Å². The van der Waals surface area contributed by atoms with Crippen molar-refractivity contribution in [2.75, 3.05) is 0 Å². The second kappa shape index (κ2) is 6.25. The molecule has 1 fully saturated rings. The molecular weight excluding hydrogens is 336 g/mol. The van der Waals surface area contributed by atoms with Gasteiger partial charge in [-0.05, 0) is 25.7 Å². The molecule has 2 aliphatic carbocycles. The van der Waals surface area contributed by atoms with Gasteiger partial charge in [-0.25, -0.2) is 4.79 Å². The van der Waals surface area contributed by atoms with E-state index in [4.69, 9.17) is 14.2 Å². The molecule has 0 aromatic heterocycles. The van der Waals surface area contributed by atoms with Crippen LogP contribution in [0.25, 0.3) is 0 Å². The topological polar surface area (TPSA) is 78.9 Å². The van der Waals surface area contributed by atoms with Crippen molar-refractivity contribution in [3.8, 4) is 0 Å². The number of rotatable bonds is 3. The first-order chi connectivity index (χ1) is 12.1. The van der Waals surface area contributed by atoms with Gasteiger partial charge in [0.1, 0.15) is 18.0 Å². The van der Waals surface area contributed by atoms with E-state index in [9.17, 15) is 14.4 Å². The summed E-state index contributed by atoms with van der Waals surface area (Å²) < 4.78 is 17.0. The minimum absolute atomic E-state index is 0.173. The Morgan fingerprint density at radius 1 is 1.23 bits per heavy atom. The Kier molecular flexibility index (Phi) is 4.49. The van der Waals surface area contributed by atoms with Gasteiger partial charge in [0.15, 0.2) is 0 Å². The second-order valence-corrected chi connectivity index (χ2v) is 8.00.